The summed E-state index contributed by atoms with van der Waals surface area (Å²) in [6.45, 7) is 7.61. The van der Waals surface area contributed by atoms with Crippen molar-refractivity contribution in [2.75, 3.05) is 13.1 Å². The Hall–Kier alpha value is -1.06. The van der Waals surface area contributed by atoms with Gasteiger partial charge in [-0.1, -0.05) is 78.6 Å². The molecule has 0 aliphatic rings. The molecule has 2 N–H and O–H groups in total. The summed E-state index contributed by atoms with van der Waals surface area (Å²) in [5.41, 5.74) is 0. The Bertz CT molecular complexity index is 304. The van der Waals surface area contributed by atoms with Crippen molar-refractivity contribution in [1.82, 2.24) is 10.6 Å². The van der Waals surface area contributed by atoms with Crippen LogP contribution in [0.15, 0.2) is 0 Å². The number of unbranched alkanes of at least 4 members (excludes halogenated alkanes) is 9. The number of nitrogens with one attached hydrogen (secondary N) is 2. The summed E-state index contributed by atoms with van der Waals surface area (Å²) in [5, 5.41) is 5.35. The molecule has 0 aromatic carbocycles. The fraction of sp³-hybridized carbons (Fsp3) is 0.895. The topological polar surface area (TPSA) is 58.2 Å². The SMILES string of the molecule is CCCCCCCCCCCCNC(=O)C(=O)NCCC(C)C. The Labute approximate surface area is 143 Å². The number of carbonyl (C=O) groups excluding carboxylic acids is 2. The third-order valence-electron chi connectivity index (χ3n) is 4.03. The zero-order valence-electron chi connectivity index (χ0n) is 15.6. The van der Waals surface area contributed by atoms with Gasteiger partial charge in [-0.05, 0) is 18.8 Å². The Morgan fingerprint density at radius 2 is 1.13 bits per heavy atom. The second-order valence-corrected chi connectivity index (χ2v) is 6.88. The number of hydrogen-bond acceptors (Lipinski definition) is 2. The highest BCUT2D eigenvalue weighted by Gasteiger charge is 2.11. The molecule has 0 bridgehead atoms. The summed E-state index contributed by atoms with van der Waals surface area (Å²) in [6, 6.07) is 0. The Kier molecular flexibility index (Phi) is 15.1. The standard InChI is InChI=1S/C19H38N2O2/c1-4-5-6-7-8-9-10-11-12-13-15-20-18(22)19(23)21-16-14-17(2)3/h17H,4-16H2,1-3H3,(H,20,22)(H,21,23). The smallest absolute Gasteiger partial charge is 0.309 e. The minimum atomic E-state index is -0.502. The highest BCUT2D eigenvalue weighted by atomic mass is 16.2. The predicted octanol–water partition coefficient (Wildman–Crippen LogP) is 4.19. The minimum absolute atomic E-state index is 0.496. The van der Waals surface area contributed by atoms with E-state index in [1.807, 2.05) is 0 Å². The molecule has 0 aliphatic carbocycles. The Morgan fingerprint density at radius 1 is 0.696 bits per heavy atom. The van der Waals surface area contributed by atoms with Gasteiger partial charge < -0.3 is 10.6 Å². The normalized spacial score (nSPS) is 10.8. The van der Waals surface area contributed by atoms with Gasteiger partial charge in [0.2, 0.25) is 0 Å². The van der Waals surface area contributed by atoms with E-state index in [4.69, 9.17) is 0 Å². The van der Waals surface area contributed by atoms with Gasteiger partial charge in [-0.25, -0.2) is 0 Å². The van der Waals surface area contributed by atoms with Crippen LogP contribution in [0.5, 0.6) is 0 Å². The molecule has 0 aliphatic heterocycles. The van der Waals surface area contributed by atoms with E-state index in [-0.39, 0.29) is 0 Å². The first-order valence-corrected chi connectivity index (χ1v) is 9.64. The van der Waals surface area contributed by atoms with Crippen LogP contribution in [0, 0.1) is 5.92 Å². The number of rotatable bonds is 14. The van der Waals surface area contributed by atoms with Gasteiger partial charge in [-0.15, -0.1) is 0 Å². The molecular weight excluding hydrogens is 288 g/mol. The maximum atomic E-state index is 11.6. The molecule has 0 spiro atoms. The average Bonchev–Trinajstić information content (AvgIpc) is 2.51. The molecule has 0 unspecified atom stereocenters. The first-order valence-electron chi connectivity index (χ1n) is 9.64. The van der Waals surface area contributed by atoms with Gasteiger partial charge in [0, 0.05) is 13.1 Å². The van der Waals surface area contributed by atoms with E-state index < -0.39 is 11.8 Å². The third-order valence-corrected chi connectivity index (χ3v) is 4.03. The molecule has 0 atom stereocenters. The van der Waals surface area contributed by atoms with Crippen molar-refractivity contribution in [3.63, 3.8) is 0 Å². The fourth-order valence-corrected chi connectivity index (χ4v) is 2.45. The zero-order chi connectivity index (χ0) is 17.3. The van der Waals surface area contributed by atoms with E-state index in [1.54, 1.807) is 0 Å². The molecule has 0 aromatic rings. The summed E-state index contributed by atoms with van der Waals surface area (Å²) in [5.74, 6) is -0.465. The summed E-state index contributed by atoms with van der Waals surface area (Å²) < 4.78 is 0. The first-order chi connectivity index (χ1) is 11.1. The van der Waals surface area contributed by atoms with Crippen molar-refractivity contribution in [2.45, 2.75) is 91.4 Å². The highest BCUT2D eigenvalue weighted by molar-refractivity contribution is 6.35. The molecule has 0 rings (SSSR count). The first kappa shape index (κ1) is 21.9. The van der Waals surface area contributed by atoms with Crippen LogP contribution in [0.25, 0.3) is 0 Å². The molecule has 0 saturated heterocycles. The summed E-state index contributed by atoms with van der Waals surface area (Å²) in [6.07, 6.45) is 13.6. The average molecular weight is 327 g/mol. The molecule has 136 valence electrons. The molecule has 2 amide bonds. The van der Waals surface area contributed by atoms with E-state index in [2.05, 4.69) is 31.4 Å². The largest absolute Gasteiger partial charge is 0.348 e. The van der Waals surface area contributed by atoms with E-state index >= 15 is 0 Å². The van der Waals surface area contributed by atoms with Crippen LogP contribution in [0.2, 0.25) is 0 Å². The van der Waals surface area contributed by atoms with Gasteiger partial charge in [0.1, 0.15) is 0 Å². The summed E-state index contributed by atoms with van der Waals surface area (Å²) in [4.78, 5) is 23.1. The van der Waals surface area contributed by atoms with Gasteiger partial charge in [-0.3, -0.25) is 9.59 Å². The van der Waals surface area contributed by atoms with Crippen LogP contribution in [-0.4, -0.2) is 24.9 Å². The van der Waals surface area contributed by atoms with Gasteiger partial charge in [-0.2, -0.15) is 0 Å². The van der Waals surface area contributed by atoms with Crippen molar-refractivity contribution in [3.8, 4) is 0 Å². The summed E-state index contributed by atoms with van der Waals surface area (Å²) in [7, 11) is 0. The summed E-state index contributed by atoms with van der Waals surface area (Å²) >= 11 is 0. The molecule has 0 heterocycles. The zero-order valence-corrected chi connectivity index (χ0v) is 15.6. The lowest BCUT2D eigenvalue weighted by atomic mass is 10.1. The Morgan fingerprint density at radius 3 is 1.61 bits per heavy atom. The molecule has 0 saturated carbocycles. The van der Waals surface area contributed by atoms with E-state index in [0.29, 0.717) is 19.0 Å². The molecule has 0 fully saturated rings. The molecule has 23 heavy (non-hydrogen) atoms. The molecule has 0 radical (unpaired) electrons. The van der Waals surface area contributed by atoms with Crippen LogP contribution in [0.1, 0.15) is 91.4 Å². The van der Waals surface area contributed by atoms with E-state index in [1.165, 1.54) is 51.4 Å². The highest BCUT2D eigenvalue weighted by Crippen LogP contribution is 2.10. The van der Waals surface area contributed by atoms with E-state index in [0.717, 1.165) is 19.3 Å². The van der Waals surface area contributed by atoms with Gasteiger partial charge in [0.15, 0.2) is 0 Å². The number of carbonyl (C=O) groups is 2. The number of amides is 2. The van der Waals surface area contributed by atoms with Crippen LogP contribution in [0.3, 0.4) is 0 Å². The lowest BCUT2D eigenvalue weighted by Gasteiger charge is -2.08. The number of hydrogen-bond donors (Lipinski definition) is 2. The van der Waals surface area contributed by atoms with Crippen molar-refractivity contribution in [1.29, 1.82) is 0 Å². The van der Waals surface area contributed by atoms with Crippen LogP contribution in [0.4, 0.5) is 0 Å². The lowest BCUT2D eigenvalue weighted by molar-refractivity contribution is -0.139. The van der Waals surface area contributed by atoms with Crippen molar-refractivity contribution < 1.29 is 9.59 Å². The molecule has 4 heteroatoms. The van der Waals surface area contributed by atoms with Crippen LogP contribution in [-0.2, 0) is 9.59 Å². The molecular formula is C19H38N2O2. The third kappa shape index (κ3) is 15.6. The second kappa shape index (κ2) is 15.8. The predicted molar refractivity (Wildman–Crippen MR) is 97.3 cm³/mol. The van der Waals surface area contributed by atoms with Gasteiger partial charge >= 0.3 is 11.8 Å². The monoisotopic (exact) mass is 326 g/mol. The van der Waals surface area contributed by atoms with Gasteiger partial charge in [0.25, 0.3) is 0 Å². The van der Waals surface area contributed by atoms with Crippen molar-refractivity contribution >= 4 is 11.8 Å². The maximum Gasteiger partial charge on any atom is 0.309 e. The Balaban J connectivity index is 3.33. The second-order valence-electron chi connectivity index (χ2n) is 6.88. The minimum Gasteiger partial charge on any atom is -0.348 e. The van der Waals surface area contributed by atoms with E-state index in [9.17, 15) is 9.59 Å². The maximum absolute atomic E-state index is 11.6. The van der Waals surface area contributed by atoms with Crippen molar-refractivity contribution in [3.05, 3.63) is 0 Å². The van der Waals surface area contributed by atoms with Gasteiger partial charge in [0.05, 0.1) is 0 Å². The van der Waals surface area contributed by atoms with Crippen LogP contribution >= 0.6 is 0 Å². The van der Waals surface area contributed by atoms with Crippen molar-refractivity contribution in [2.24, 2.45) is 5.92 Å². The fourth-order valence-electron chi connectivity index (χ4n) is 2.45. The molecule has 4 nitrogen and oxygen atoms in total. The molecule has 0 aromatic heterocycles. The lowest BCUT2D eigenvalue weighted by Crippen LogP contribution is -2.40. The van der Waals surface area contributed by atoms with Crippen LogP contribution < -0.4 is 10.6 Å². The quantitative estimate of drug-likeness (QED) is 0.371.